The third kappa shape index (κ3) is 2.18. The zero-order valence-corrected chi connectivity index (χ0v) is 10.5. The van der Waals surface area contributed by atoms with Crippen molar-refractivity contribution >= 4 is 5.69 Å². The molecule has 0 saturated heterocycles. The van der Waals surface area contributed by atoms with Crippen molar-refractivity contribution < 1.29 is 4.39 Å². The van der Waals surface area contributed by atoms with Crippen LogP contribution in [0.1, 0.15) is 32.7 Å². The number of tetrazole rings is 1. The Labute approximate surface area is 105 Å². The Morgan fingerprint density at radius 1 is 1.33 bits per heavy atom. The zero-order chi connectivity index (χ0) is 13.1. The van der Waals surface area contributed by atoms with E-state index in [-0.39, 0.29) is 11.7 Å². The second kappa shape index (κ2) is 5.12. The Morgan fingerprint density at radius 2 is 2.06 bits per heavy atom. The number of halogens is 1. The second-order valence-electron chi connectivity index (χ2n) is 4.15. The normalized spacial score (nSPS) is 11.1. The molecule has 2 N–H and O–H groups in total. The molecule has 0 aliphatic carbocycles. The van der Waals surface area contributed by atoms with Crippen LogP contribution in [0.15, 0.2) is 18.2 Å². The highest BCUT2D eigenvalue weighted by Gasteiger charge is 2.16. The van der Waals surface area contributed by atoms with Crippen molar-refractivity contribution in [2.75, 3.05) is 5.73 Å². The first-order valence-corrected chi connectivity index (χ1v) is 6.00. The van der Waals surface area contributed by atoms with Crippen molar-refractivity contribution in [3.05, 3.63) is 24.0 Å². The van der Waals surface area contributed by atoms with Crippen LogP contribution < -0.4 is 5.73 Å². The molecule has 0 saturated carbocycles. The van der Waals surface area contributed by atoms with Gasteiger partial charge in [-0.15, -0.1) is 5.10 Å². The summed E-state index contributed by atoms with van der Waals surface area (Å²) in [5.74, 6) is 0.120. The lowest BCUT2D eigenvalue weighted by molar-refractivity contribution is 0.422. The van der Waals surface area contributed by atoms with E-state index in [0.29, 0.717) is 11.4 Å². The van der Waals surface area contributed by atoms with E-state index in [4.69, 9.17) is 5.73 Å². The number of nitrogen functional groups attached to an aromatic ring is 1. The van der Waals surface area contributed by atoms with Crippen LogP contribution in [0.4, 0.5) is 10.1 Å². The first-order chi connectivity index (χ1) is 8.67. The van der Waals surface area contributed by atoms with Gasteiger partial charge in [0.1, 0.15) is 5.82 Å². The van der Waals surface area contributed by atoms with E-state index in [1.165, 1.54) is 12.1 Å². The standard InChI is InChI=1S/C12H16FN5/c1-3-9(4-2)18-12(15-16-17-18)8-5-6-11(14)10(13)7-8/h5-7,9H,3-4,14H2,1-2H3. The lowest BCUT2D eigenvalue weighted by Crippen LogP contribution is -2.10. The lowest BCUT2D eigenvalue weighted by Gasteiger charge is -2.14. The molecule has 1 aromatic heterocycles. The Morgan fingerprint density at radius 3 is 2.67 bits per heavy atom. The number of benzene rings is 1. The molecule has 0 amide bonds. The summed E-state index contributed by atoms with van der Waals surface area (Å²) in [5.41, 5.74) is 6.22. The number of hydrogen-bond donors (Lipinski definition) is 1. The number of rotatable bonds is 4. The number of nitrogens with two attached hydrogens (primary N) is 1. The third-order valence-corrected chi connectivity index (χ3v) is 3.04. The van der Waals surface area contributed by atoms with Gasteiger partial charge >= 0.3 is 0 Å². The first kappa shape index (κ1) is 12.5. The molecule has 0 aliphatic heterocycles. The van der Waals surface area contributed by atoms with Crippen LogP contribution in [0.25, 0.3) is 11.4 Å². The molecule has 0 aliphatic rings. The topological polar surface area (TPSA) is 69.6 Å². The fraction of sp³-hybridized carbons (Fsp3) is 0.417. The van der Waals surface area contributed by atoms with Gasteiger partial charge in [0.15, 0.2) is 5.82 Å². The van der Waals surface area contributed by atoms with Crippen molar-refractivity contribution in [3.63, 3.8) is 0 Å². The van der Waals surface area contributed by atoms with Crippen LogP contribution >= 0.6 is 0 Å². The number of hydrogen-bond acceptors (Lipinski definition) is 4. The van der Waals surface area contributed by atoms with Crippen molar-refractivity contribution in [2.45, 2.75) is 32.7 Å². The van der Waals surface area contributed by atoms with E-state index >= 15 is 0 Å². The summed E-state index contributed by atoms with van der Waals surface area (Å²) in [5, 5.41) is 11.6. The summed E-state index contributed by atoms with van der Waals surface area (Å²) in [6, 6.07) is 4.83. The number of anilines is 1. The smallest absolute Gasteiger partial charge is 0.182 e. The monoisotopic (exact) mass is 249 g/mol. The molecule has 18 heavy (non-hydrogen) atoms. The molecule has 5 nitrogen and oxygen atoms in total. The van der Waals surface area contributed by atoms with E-state index in [9.17, 15) is 4.39 Å². The predicted octanol–water partition coefficient (Wildman–Crippen LogP) is 2.42. The molecule has 2 rings (SSSR count). The molecule has 2 aromatic rings. The predicted molar refractivity (Wildman–Crippen MR) is 67.2 cm³/mol. The summed E-state index contributed by atoms with van der Waals surface area (Å²) in [6.45, 7) is 4.15. The van der Waals surface area contributed by atoms with Gasteiger partial charge in [-0.2, -0.15) is 0 Å². The van der Waals surface area contributed by atoms with Gasteiger partial charge in [0.2, 0.25) is 0 Å². The van der Waals surface area contributed by atoms with Crippen molar-refractivity contribution in [1.82, 2.24) is 20.2 Å². The lowest BCUT2D eigenvalue weighted by atomic mass is 10.1. The molecule has 0 bridgehead atoms. The number of aromatic nitrogens is 4. The largest absolute Gasteiger partial charge is 0.396 e. The quantitative estimate of drug-likeness (QED) is 0.845. The summed E-state index contributed by atoms with van der Waals surface area (Å²) in [7, 11) is 0. The zero-order valence-electron chi connectivity index (χ0n) is 10.5. The molecule has 0 atom stereocenters. The van der Waals surface area contributed by atoms with Gasteiger partial charge in [0.25, 0.3) is 0 Å². The van der Waals surface area contributed by atoms with Gasteiger partial charge in [-0.25, -0.2) is 9.07 Å². The van der Waals surface area contributed by atoms with Crippen LogP contribution in [0.2, 0.25) is 0 Å². The molecule has 6 heteroatoms. The molecule has 1 aromatic carbocycles. The van der Waals surface area contributed by atoms with Crippen LogP contribution in [0, 0.1) is 5.82 Å². The molecular formula is C12H16FN5. The highest BCUT2D eigenvalue weighted by molar-refractivity contribution is 5.59. The summed E-state index contributed by atoms with van der Waals surface area (Å²) >= 11 is 0. The van der Waals surface area contributed by atoms with Gasteiger partial charge in [-0.05, 0) is 41.5 Å². The molecule has 0 spiro atoms. The van der Waals surface area contributed by atoms with E-state index in [2.05, 4.69) is 29.4 Å². The molecule has 0 fully saturated rings. The van der Waals surface area contributed by atoms with Gasteiger partial charge in [-0.3, -0.25) is 0 Å². The summed E-state index contributed by atoms with van der Waals surface area (Å²) in [6.07, 6.45) is 1.85. The van der Waals surface area contributed by atoms with Crippen LogP contribution in [-0.4, -0.2) is 20.2 Å². The van der Waals surface area contributed by atoms with Crippen LogP contribution in [-0.2, 0) is 0 Å². The second-order valence-corrected chi connectivity index (χ2v) is 4.15. The fourth-order valence-corrected chi connectivity index (χ4v) is 1.93. The summed E-state index contributed by atoms with van der Waals surface area (Å²) in [4.78, 5) is 0. The minimum Gasteiger partial charge on any atom is -0.396 e. The highest BCUT2D eigenvalue weighted by atomic mass is 19.1. The van der Waals surface area contributed by atoms with Crippen molar-refractivity contribution in [2.24, 2.45) is 0 Å². The number of nitrogens with zero attached hydrogens (tertiary/aromatic N) is 4. The molecule has 0 radical (unpaired) electrons. The minimum atomic E-state index is -0.452. The van der Waals surface area contributed by atoms with Crippen LogP contribution in [0.5, 0.6) is 0 Å². The van der Waals surface area contributed by atoms with Gasteiger partial charge in [-0.1, -0.05) is 13.8 Å². The van der Waals surface area contributed by atoms with Gasteiger partial charge in [0.05, 0.1) is 11.7 Å². The van der Waals surface area contributed by atoms with Gasteiger partial charge < -0.3 is 5.73 Å². The van der Waals surface area contributed by atoms with E-state index in [1.807, 2.05) is 0 Å². The van der Waals surface area contributed by atoms with Crippen LogP contribution in [0.3, 0.4) is 0 Å². The van der Waals surface area contributed by atoms with Crippen molar-refractivity contribution in [3.8, 4) is 11.4 Å². The third-order valence-electron chi connectivity index (χ3n) is 3.04. The summed E-state index contributed by atoms with van der Waals surface area (Å²) < 4.78 is 15.2. The molecule has 1 heterocycles. The van der Waals surface area contributed by atoms with E-state index in [0.717, 1.165) is 12.8 Å². The SMILES string of the molecule is CCC(CC)n1nnnc1-c1ccc(N)c(F)c1. The maximum absolute atomic E-state index is 13.5. The Hall–Kier alpha value is -1.98. The molecule has 96 valence electrons. The average molecular weight is 249 g/mol. The Kier molecular flexibility index (Phi) is 3.55. The Bertz CT molecular complexity index is 533. The average Bonchev–Trinajstić information content (AvgIpc) is 2.83. The fourth-order valence-electron chi connectivity index (χ4n) is 1.93. The first-order valence-electron chi connectivity index (χ1n) is 6.00. The minimum absolute atomic E-state index is 0.125. The Balaban J connectivity index is 2.45. The highest BCUT2D eigenvalue weighted by Crippen LogP contribution is 2.24. The van der Waals surface area contributed by atoms with E-state index in [1.54, 1.807) is 10.7 Å². The molecular weight excluding hydrogens is 233 g/mol. The van der Waals surface area contributed by atoms with E-state index < -0.39 is 5.82 Å². The molecule has 0 unspecified atom stereocenters. The maximum atomic E-state index is 13.5. The maximum Gasteiger partial charge on any atom is 0.182 e. The van der Waals surface area contributed by atoms with Crippen molar-refractivity contribution in [1.29, 1.82) is 0 Å². The van der Waals surface area contributed by atoms with Gasteiger partial charge in [0, 0.05) is 5.56 Å².